The molecule has 20 heavy (non-hydrogen) atoms. The molecule has 1 aliphatic rings. The summed E-state index contributed by atoms with van der Waals surface area (Å²) in [5.74, 6) is 3.70. The molecule has 0 amide bonds. The number of hydrogen-bond donors (Lipinski definition) is 0. The third-order valence-electron chi connectivity index (χ3n) is 3.04. The van der Waals surface area contributed by atoms with E-state index in [4.69, 9.17) is 0 Å². The molecule has 120 valence electrons. The monoisotopic (exact) mass is 324 g/mol. The maximum absolute atomic E-state index is 11.6. The normalized spacial score (nSPS) is 16.6. The number of rotatable bonds is 5. The minimum absolute atomic E-state index is 0.115. The highest BCUT2D eigenvalue weighted by Crippen LogP contribution is 2.20. The first-order valence-corrected chi connectivity index (χ1v) is 10.5. The Morgan fingerprint density at radius 1 is 1.20 bits per heavy atom. The molecular weight excluding hydrogens is 296 g/mol. The fraction of sp³-hybridized carbons (Fsp3) is 0.929. The Labute approximate surface area is 126 Å². The van der Waals surface area contributed by atoms with Gasteiger partial charge in [-0.05, 0) is 30.2 Å². The van der Waals surface area contributed by atoms with Crippen LogP contribution in [0, 0.1) is 5.41 Å². The summed E-state index contributed by atoms with van der Waals surface area (Å²) in [6.07, 6.45) is 3.92. The first-order valence-electron chi connectivity index (χ1n) is 7.17. The van der Waals surface area contributed by atoms with Crippen LogP contribution >= 0.6 is 0 Å². The van der Waals surface area contributed by atoms with E-state index in [0.29, 0.717) is 23.1 Å². The van der Waals surface area contributed by atoms with Gasteiger partial charge in [-0.15, -0.1) is 0 Å². The van der Waals surface area contributed by atoms with Gasteiger partial charge in [0.2, 0.25) is 0 Å². The van der Waals surface area contributed by atoms with Crippen molar-refractivity contribution < 1.29 is 17.8 Å². The number of unbranched alkanes of at least 4 members (excludes halogenated alkanes) is 1. The van der Waals surface area contributed by atoms with E-state index in [-0.39, 0.29) is 11.2 Å². The number of hydrogen-bond acceptors (Lipinski definition) is 4. The van der Waals surface area contributed by atoms with E-state index < -0.39 is 10.1 Å². The lowest BCUT2D eigenvalue weighted by molar-refractivity contribution is -0.123. The summed E-state index contributed by atoms with van der Waals surface area (Å²) >= 11 is 0. The average molecular weight is 325 g/mol. The highest BCUT2D eigenvalue weighted by molar-refractivity contribution is 7.97. The summed E-state index contributed by atoms with van der Waals surface area (Å²) in [6, 6.07) is 0. The zero-order chi connectivity index (χ0) is 15.8. The van der Waals surface area contributed by atoms with Crippen LogP contribution < -0.4 is 0 Å². The second kappa shape index (κ2) is 9.05. The van der Waals surface area contributed by atoms with Crippen LogP contribution in [0.15, 0.2) is 0 Å². The van der Waals surface area contributed by atoms with Gasteiger partial charge >= 0.3 is 0 Å². The van der Waals surface area contributed by atoms with E-state index in [1.807, 2.05) is 27.7 Å². The van der Waals surface area contributed by atoms with Gasteiger partial charge in [0.1, 0.15) is 11.5 Å². The van der Waals surface area contributed by atoms with Gasteiger partial charge < -0.3 is 4.55 Å². The second-order valence-corrected chi connectivity index (χ2v) is 10.0. The molecule has 1 heterocycles. The molecule has 0 N–H and O–H groups in total. The van der Waals surface area contributed by atoms with E-state index >= 15 is 0 Å². The van der Waals surface area contributed by atoms with Gasteiger partial charge in [-0.2, -0.15) is 0 Å². The van der Waals surface area contributed by atoms with Crippen molar-refractivity contribution in [1.29, 1.82) is 0 Å². The molecule has 0 aromatic heterocycles. The summed E-state index contributed by atoms with van der Waals surface area (Å²) in [6.45, 7) is 7.91. The van der Waals surface area contributed by atoms with Crippen LogP contribution in [0.1, 0.15) is 53.4 Å². The summed E-state index contributed by atoms with van der Waals surface area (Å²) < 4.78 is 29.5. The maximum Gasteiger partial charge on any atom is 0.187 e. The van der Waals surface area contributed by atoms with Crippen LogP contribution in [0.3, 0.4) is 0 Å². The Balaban J connectivity index is 0.000000396. The van der Waals surface area contributed by atoms with Gasteiger partial charge in [-0.3, -0.25) is 4.79 Å². The minimum Gasteiger partial charge on any atom is -0.748 e. The molecule has 1 fully saturated rings. The van der Waals surface area contributed by atoms with E-state index in [0.717, 1.165) is 12.2 Å². The molecule has 1 saturated heterocycles. The number of ketones is 1. The van der Waals surface area contributed by atoms with E-state index in [9.17, 15) is 17.8 Å². The molecule has 1 rings (SSSR count). The number of carbonyl (C=O) groups is 1. The first kappa shape index (κ1) is 19.9. The SMILES string of the molecule is CC(C)(C)C(=O)C[S+]1CCCC1.CCCCS(=O)(=O)[O-]. The highest BCUT2D eigenvalue weighted by Gasteiger charge is 2.32. The predicted molar refractivity (Wildman–Crippen MR) is 85.1 cm³/mol. The lowest BCUT2D eigenvalue weighted by Crippen LogP contribution is -2.28. The van der Waals surface area contributed by atoms with E-state index in [1.165, 1.54) is 24.3 Å². The molecule has 0 saturated carbocycles. The van der Waals surface area contributed by atoms with Crippen molar-refractivity contribution >= 4 is 26.8 Å². The molecule has 0 aromatic rings. The number of Topliss-reactive ketones (excluding diaryl/α,β-unsaturated/α-hetero) is 1. The fourth-order valence-electron chi connectivity index (χ4n) is 1.58. The third-order valence-corrected chi connectivity index (χ3v) is 6.23. The van der Waals surface area contributed by atoms with Crippen molar-refractivity contribution in [3.05, 3.63) is 0 Å². The first-order chi connectivity index (χ1) is 9.06. The quantitative estimate of drug-likeness (QED) is 0.574. The van der Waals surface area contributed by atoms with Crippen LogP contribution in [-0.4, -0.2) is 41.8 Å². The Kier molecular flexibility index (Phi) is 9.02. The topological polar surface area (TPSA) is 74.3 Å². The summed E-state index contributed by atoms with van der Waals surface area (Å²) in [5, 5.41) is 0. The molecule has 0 spiro atoms. The Bertz CT molecular complexity index is 376. The van der Waals surface area contributed by atoms with Gasteiger partial charge in [0.25, 0.3) is 0 Å². The summed E-state index contributed by atoms with van der Waals surface area (Å²) in [7, 11) is -3.49. The lowest BCUT2D eigenvalue weighted by Gasteiger charge is -2.14. The van der Waals surface area contributed by atoms with Crippen LogP contribution in [0.2, 0.25) is 0 Å². The second-order valence-electron chi connectivity index (χ2n) is 6.16. The van der Waals surface area contributed by atoms with Gasteiger partial charge in [0.15, 0.2) is 11.5 Å². The highest BCUT2D eigenvalue weighted by atomic mass is 32.2. The largest absolute Gasteiger partial charge is 0.748 e. The van der Waals surface area contributed by atoms with E-state index in [1.54, 1.807) is 0 Å². The molecule has 0 unspecified atom stereocenters. The molecular formula is C14H28O4S2. The van der Waals surface area contributed by atoms with Crippen LogP contribution in [0.4, 0.5) is 0 Å². The summed E-state index contributed by atoms with van der Waals surface area (Å²) in [4.78, 5) is 11.6. The van der Waals surface area contributed by atoms with Gasteiger partial charge in [0, 0.05) is 11.2 Å². The molecule has 0 aromatic carbocycles. The molecule has 0 aliphatic carbocycles. The molecule has 1 aliphatic heterocycles. The van der Waals surface area contributed by atoms with Gasteiger partial charge in [-0.25, -0.2) is 8.42 Å². The van der Waals surface area contributed by atoms with Crippen LogP contribution in [-0.2, 0) is 25.8 Å². The van der Waals surface area contributed by atoms with Gasteiger partial charge in [0.05, 0.1) is 10.1 Å². The smallest absolute Gasteiger partial charge is 0.187 e. The van der Waals surface area contributed by atoms with Crippen molar-refractivity contribution in [2.75, 3.05) is 23.0 Å². The average Bonchev–Trinajstić information content (AvgIpc) is 2.77. The Hall–Kier alpha value is -0.0700. The molecule has 0 bridgehead atoms. The van der Waals surface area contributed by atoms with Crippen molar-refractivity contribution in [3.63, 3.8) is 0 Å². The number of carbonyl (C=O) groups excluding carboxylic acids is 1. The van der Waals surface area contributed by atoms with Crippen molar-refractivity contribution in [3.8, 4) is 0 Å². The van der Waals surface area contributed by atoms with Crippen LogP contribution in [0.25, 0.3) is 0 Å². The van der Waals surface area contributed by atoms with Crippen LogP contribution in [0.5, 0.6) is 0 Å². The van der Waals surface area contributed by atoms with E-state index in [2.05, 4.69) is 0 Å². The van der Waals surface area contributed by atoms with Gasteiger partial charge in [-0.1, -0.05) is 34.1 Å². The molecule has 0 radical (unpaired) electrons. The molecule has 6 heteroatoms. The minimum atomic E-state index is -3.94. The lowest BCUT2D eigenvalue weighted by atomic mass is 9.92. The maximum atomic E-state index is 11.6. The predicted octanol–water partition coefficient (Wildman–Crippen LogP) is 2.35. The Morgan fingerprint density at radius 2 is 1.70 bits per heavy atom. The molecule has 0 atom stereocenters. The van der Waals surface area contributed by atoms with Crippen molar-refractivity contribution in [2.45, 2.75) is 53.4 Å². The summed E-state index contributed by atoms with van der Waals surface area (Å²) in [5.41, 5.74) is -0.115. The standard InChI is InChI=1S/C10H19OS.C4H10O3S/c1-10(2,3)9(11)8-12-6-4-5-7-12;1-2-3-4-8(5,6)7/h4-8H2,1-3H3;2-4H2,1H3,(H,5,6,7)/q+1;/p-1. The van der Waals surface area contributed by atoms with Crippen molar-refractivity contribution in [2.24, 2.45) is 5.41 Å². The zero-order valence-corrected chi connectivity index (χ0v) is 14.7. The molecule has 4 nitrogen and oxygen atoms in total. The third kappa shape index (κ3) is 10.7. The fourth-order valence-corrected chi connectivity index (χ4v) is 4.75. The zero-order valence-electron chi connectivity index (χ0n) is 13.1. The van der Waals surface area contributed by atoms with Crippen molar-refractivity contribution in [1.82, 2.24) is 0 Å². The Morgan fingerprint density at radius 3 is 2.00 bits per heavy atom.